The van der Waals surface area contributed by atoms with Crippen molar-refractivity contribution in [2.75, 3.05) is 20.3 Å². The van der Waals surface area contributed by atoms with Gasteiger partial charge in [0.05, 0.1) is 16.7 Å². The number of benzene rings is 1. The van der Waals surface area contributed by atoms with Gasteiger partial charge in [-0.05, 0) is 6.07 Å². The second-order valence-corrected chi connectivity index (χ2v) is 6.69. The third-order valence-corrected chi connectivity index (χ3v) is 4.08. The highest BCUT2D eigenvalue weighted by atomic mass is 35.7. The topological polar surface area (TPSA) is 52.6 Å². The highest BCUT2D eigenvalue weighted by Gasteiger charge is 2.18. The zero-order valence-electron chi connectivity index (χ0n) is 9.45. The van der Waals surface area contributed by atoms with E-state index in [-0.39, 0.29) is 14.9 Å². The van der Waals surface area contributed by atoms with Crippen LogP contribution in [0.1, 0.15) is 6.42 Å². The number of ether oxygens (including phenoxy) is 2. The zero-order valence-corrected chi connectivity index (χ0v) is 12.5. The maximum absolute atomic E-state index is 11.2. The van der Waals surface area contributed by atoms with Crippen molar-refractivity contribution >= 4 is 42.9 Å². The van der Waals surface area contributed by atoms with E-state index in [9.17, 15) is 8.42 Å². The fraction of sp³-hybridized carbons (Fsp3) is 0.400. The van der Waals surface area contributed by atoms with Crippen LogP contribution in [-0.2, 0) is 13.8 Å². The van der Waals surface area contributed by atoms with Crippen molar-refractivity contribution < 1.29 is 17.9 Å². The van der Waals surface area contributed by atoms with E-state index in [1.807, 2.05) is 0 Å². The fourth-order valence-corrected chi connectivity index (χ4v) is 2.99. The largest absolute Gasteiger partial charge is 0.492 e. The first-order valence-electron chi connectivity index (χ1n) is 4.91. The number of halogens is 3. The van der Waals surface area contributed by atoms with Crippen molar-refractivity contribution in [2.24, 2.45) is 0 Å². The number of methoxy groups -OCH3 is 1. The molecule has 0 radical (unpaired) electrons. The Kier molecular flexibility index (Phi) is 6.01. The maximum Gasteiger partial charge on any atom is 0.262 e. The molecule has 0 unspecified atom stereocenters. The van der Waals surface area contributed by atoms with Crippen LogP contribution < -0.4 is 4.74 Å². The third kappa shape index (κ3) is 4.48. The van der Waals surface area contributed by atoms with E-state index in [4.69, 9.17) is 43.4 Å². The number of hydrogen-bond donors (Lipinski definition) is 0. The average molecular weight is 334 g/mol. The Morgan fingerprint density at radius 1 is 1.17 bits per heavy atom. The normalized spacial score (nSPS) is 11.6. The van der Waals surface area contributed by atoms with Crippen molar-refractivity contribution in [3.63, 3.8) is 0 Å². The second kappa shape index (κ2) is 6.82. The minimum absolute atomic E-state index is 0.0314. The van der Waals surface area contributed by atoms with Crippen LogP contribution in [0, 0.1) is 0 Å². The summed E-state index contributed by atoms with van der Waals surface area (Å²) in [7, 11) is 2.87. The highest BCUT2D eigenvalue weighted by molar-refractivity contribution is 8.13. The molecule has 4 nitrogen and oxygen atoms in total. The molecule has 0 saturated carbocycles. The monoisotopic (exact) mass is 332 g/mol. The summed E-state index contributed by atoms with van der Waals surface area (Å²) in [6.45, 7) is 0.941. The lowest BCUT2D eigenvalue weighted by molar-refractivity contribution is 0.172. The van der Waals surface area contributed by atoms with E-state index >= 15 is 0 Å². The first-order valence-corrected chi connectivity index (χ1v) is 7.98. The molecule has 1 aromatic rings. The molecule has 18 heavy (non-hydrogen) atoms. The highest BCUT2D eigenvalue weighted by Crippen LogP contribution is 2.34. The van der Waals surface area contributed by atoms with Crippen LogP contribution in [0.25, 0.3) is 0 Å². The summed E-state index contributed by atoms with van der Waals surface area (Å²) in [4.78, 5) is -0.236. The Labute approximate surface area is 120 Å². The van der Waals surface area contributed by atoms with E-state index < -0.39 is 9.05 Å². The third-order valence-electron chi connectivity index (χ3n) is 2.00. The minimum Gasteiger partial charge on any atom is -0.492 e. The smallest absolute Gasteiger partial charge is 0.262 e. The summed E-state index contributed by atoms with van der Waals surface area (Å²) >= 11 is 11.7. The average Bonchev–Trinajstić information content (AvgIpc) is 2.27. The Hall–Kier alpha value is -0.200. The van der Waals surface area contributed by atoms with Crippen LogP contribution in [0.3, 0.4) is 0 Å². The van der Waals surface area contributed by atoms with Gasteiger partial charge in [-0.1, -0.05) is 23.2 Å². The molecule has 0 fully saturated rings. The molecule has 0 aliphatic carbocycles. The lowest BCUT2D eigenvalue weighted by Crippen LogP contribution is -2.02. The maximum atomic E-state index is 11.2. The molecule has 0 atom stereocenters. The lowest BCUT2D eigenvalue weighted by Gasteiger charge is -2.09. The molecule has 0 spiro atoms. The Morgan fingerprint density at radius 2 is 1.83 bits per heavy atom. The van der Waals surface area contributed by atoms with E-state index in [1.54, 1.807) is 7.11 Å². The predicted molar refractivity (Wildman–Crippen MR) is 71.5 cm³/mol. The molecule has 0 amide bonds. The molecule has 0 N–H and O–H groups in total. The Bertz CT molecular complexity index is 516. The fourth-order valence-electron chi connectivity index (χ4n) is 1.19. The van der Waals surface area contributed by atoms with Gasteiger partial charge in [0.25, 0.3) is 9.05 Å². The Morgan fingerprint density at radius 3 is 2.39 bits per heavy atom. The van der Waals surface area contributed by atoms with Gasteiger partial charge < -0.3 is 9.47 Å². The standard InChI is InChI=1S/C10H11Cl3O4S/c1-16-3-2-4-17-9-5-8(12)10(6-7(9)11)18(13,14)15/h5-6H,2-4H2,1H3. The van der Waals surface area contributed by atoms with Gasteiger partial charge in [-0.3, -0.25) is 0 Å². The van der Waals surface area contributed by atoms with Crippen molar-refractivity contribution in [3.8, 4) is 5.75 Å². The molecule has 0 bridgehead atoms. The van der Waals surface area contributed by atoms with E-state index in [0.29, 0.717) is 25.4 Å². The molecule has 0 aliphatic heterocycles. The number of hydrogen-bond acceptors (Lipinski definition) is 4. The SMILES string of the molecule is COCCCOc1cc(Cl)c(S(=O)(=O)Cl)cc1Cl. The molecule has 102 valence electrons. The predicted octanol–water partition coefficient (Wildman–Crippen LogP) is 3.34. The molecule has 0 aromatic heterocycles. The second-order valence-electron chi connectivity index (χ2n) is 3.35. The molecular weight excluding hydrogens is 323 g/mol. The van der Waals surface area contributed by atoms with Gasteiger partial charge in [-0.25, -0.2) is 8.42 Å². The van der Waals surface area contributed by atoms with Gasteiger partial charge in [-0.15, -0.1) is 0 Å². The molecule has 1 aromatic carbocycles. The van der Waals surface area contributed by atoms with Gasteiger partial charge in [0.1, 0.15) is 10.6 Å². The van der Waals surface area contributed by atoms with E-state index in [1.165, 1.54) is 6.07 Å². The Balaban J connectivity index is 2.87. The van der Waals surface area contributed by atoms with Crippen LogP contribution in [0.5, 0.6) is 5.75 Å². The van der Waals surface area contributed by atoms with Crippen LogP contribution in [-0.4, -0.2) is 28.7 Å². The summed E-state index contributed by atoms with van der Waals surface area (Å²) < 4.78 is 32.6. The van der Waals surface area contributed by atoms with Gasteiger partial charge in [-0.2, -0.15) is 0 Å². The molecular formula is C10H11Cl3O4S. The summed E-state index contributed by atoms with van der Waals surface area (Å²) in [6, 6.07) is 2.49. The van der Waals surface area contributed by atoms with Gasteiger partial charge in [0.15, 0.2) is 0 Å². The van der Waals surface area contributed by atoms with Crippen molar-refractivity contribution in [1.29, 1.82) is 0 Å². The summed E-state index contributed by atoms with van der Waals surface area (Å²) in [5.41, 5.74) is 0. The van der Waals surface area contributed by atoms with Crippen LogP contribution in [0.2, 0.25) is 10.0 Å². The van der Waals surface area contributed by atoms with Crippen LogP contribution in [0.4, 0.5) is 0 Å². The van der Waals surface area contributed by atoms with Crippen LogP contribution >= 0.6 is 33.9 Å². The minimum atomic E-state index is -3.92. The first kappa shape index (κ1) is 15.9. The van der Waals surface area contributed by atoms with Gasteiger partial charge >= 0.3 is 0 Å². The zero-order chi connectivity index (χ0) is 13.8. The lowest BCUT2D eigenvalue weighted by atomic mass is 10.3. The molecule has 8 heteroatoms. The quantitative estimate of drug-likeness (QED) is 0.592. The molecule has 0 saturated heterocycles. The summed E-state index contributed by atoms with van der Waals surface area (Å²) in [5, 5.41) is 0.104. The molecule has 0 aliphatic rings. The van der Waals surface area contributed by atoms with Crippen molar-refractivity contribution in [1.82, 2.24) is 0 Å². The van der Waals surface area contributed by atoms with Crippen molar-refractivity contribution in [2.45, 2.75) is 11.3 Å². The van der Waals surface area contributed by atoms with Crippen molar-refractivity contribution in [3.05, 3.63) is 22.2 Å². The molecule has 1 rings (SSSR count). The van der Waals surface area contributed by atoms with Crippen LogP contribution in [0.15, 0.2) is 17.0 Å². The molecule has 0 heterocycles. The first-order chi connectivity index (χ1) is 8.36. The summed E-state index contributed by atoms with van der Waals surface area (Å²) in [6.07, 6.45) is 0.681. The van der Waals surface area contributed by atoms with E-state index in [0.717, 1.165) is 6.07 Å². The van der Waals surface area contributed by atoms with Gasteiger partial charge in [0, 0.05) is 36.9 Å². The van der Waals surface area contributed by atoms with E-state index in [2.05, 4.69) is 0 Å². The number of rotatable bonds is 6. The van der Waals surface area contributed by atoms with Gasteiger partial charge in [0.2, 0.25) is 0 Å². The summed E-state index contributed by atoms with van der Waals surface area (Å²) in [5.74, 6) is 0.307.